The normalized spacial score (nSPS) is 15.1. The first-order valence-corrected chi connectivity index (χ1v) is 11.3. The summed E-state index contributed by atoms with van der Waals surface area (Å²) in [6.07, 6.45) is 7.89. The van der Waals surface area contributed by atoms with E-state index in [2.05, 4.69) is 15.5 Å². The van der Waals surface area contributed by atoms with Gasteiger partial charge in [0, 0.05) is 7.05 Å². The third kappa shape index (κ3) is 5.61. The molecule has 1 aliphatic rings. The molecule has 3 aromatic rings. The van der Waals surface area contributed by atoms with Crippen molar-refractivity contribution in [3.8, 4) is 11.4 Å². The number of pyridine rings is 1. The number of nitrogens with two attached hydrogens (primary N) is 2. The number of likely N-dealkylation sites (N-methyl/N-ethyl adjacent to an activating group) is 1. The number of para-hydroxylation sites is 1. The van der Waals surface area contributed by atoms with Crippen LogP contribution in [-0.2, 0) is 0 Å². The number of nitrogens with zero attached hydrogens (tertiary/aromatic N) is 5. The smallest absolute Gasteiger partial charge is 0.169 e. The zero-order valence-corrected chi connectivity index (χ0v) is 19.2. The van der Waals surface area contributed by atoms with Crippen molar-refractivity contribution in [1.29, 1.82) is 0 Å². The Bertz CT molecular complexity index is 1090. The third-order valence-electron chi connectivity index (χ3n) is 5.81. The summed E-state index contributed by atoms with van der Waals surface area (Å²) in [5.41, 5.74) is 10.0. The van der Waals surface area contributed by atoms with Crippen molar-refractivity contribution in [2.45, 2.75) is 45.1 Å². The van der Waals surface area contributed by atoms with Crippen LogP contribution in [0.5, 0.6) is 5.75 Å². The zero-order chi connectivity index (χ0) is 23.2. The number of rotatable bonds is 8. The Morgan fingerprint density at radius 3 is 2.61 bits per heavy atom. The first kappa shape index (κ1) is 22.6. The maximum Gasteiger partial charge on any atom is 0.169 e. The molecule has 1 aromatic carbocycles. The Morgan fingerprint density at radius 1 is 1.15 bits per heavy atom. The number of hydrogen-bond donors (Lipinski definition) is 3. The van der Waals surface area contributed by atoms with E-state index in [1.54, 1.807) is 18.0 Å². The first-order valence-electron chi connectivity index (χ1n) is 11.3. The molecule has 0 unspecified atom stereocenters. The number of nitrogens with one attached hydrogen (secondary N) is 1. The number of anilines is 1. The van der Waals surface area contributed by atoms with Gasteiger partial charge in [-0.05, 0) is 56.9 Å². The van der Waals surface area contributed by atoms with Crippen LogP contribution in [0.3, 0.4) is 0 Å². The van der Waals surface area contributed by atoms with Gasteiger partial charge in [-0.15, -0.1) is 9.90 Å². The summed E-state index contributed by atoms with van der Waals surface area (Å²) >= 11 is 0. The summed E-state index contributed by atoms with van der Waals surface area (Å²) in [6, 6.07) is 13.6. The van der Waals surface area contributed by atoms with Crippen LogP contribution in [0.2, 0.25) is 0 Å². The Hall–Kier alpha value is -3.59. The number of aryl methyl sites for hydroxylation is 1. The molecule has 0 aliphatic heterocycles. The van der Waals surface area contributed by atoms with Gasteiger partial charge in [-0.2, -0.15) is 5.10 Å². The van der Waals surface area contributed by atoms with E-state index in [-0.39, 0.29) is 6.10 Å². The minimum absolute atomic E-state index is 0.275. The molecule has 1 aliphatic carbocycles. The molecule has 1 fully saturated rings. The molecule has 0 radical (unpaired) electrons. The van der Waals surface area contributed by atoms with E-state index in [0.29, 0.717) is 29.5 Å². The lowest BCUT2D eigenvalue weighted by molar-refractivity contribution is 0.153. The van der Waals surface area contributed by atoms with Gasteiger partial charge in [0.05, 0.1) is 47.3 Å². The van der Waals surface area contributed by atoms with Gasteiger partial charge in [0.25, 0.3) is 0 Å². The van der Waals surface area contributed by atoms with Gasteiger partial charge in [-0.3, -0.25) is 0 Å². The molecule has 4 rings (SSSR count). The van der Waals surface area contributed by atoms with Crippen LogP contribution < -0.4 is 21.6 Å². The summed E-state index contributed by atoms with van der Waals surface area (Å²) in [6.45, 7) is 2.31. The van der Waals surface area contributed by atoms with Gasteiger partial charge < -0.3 is 20.8 Å². The average Bonchev–Trinajstić information content (AvgIpc) is 3.30. The third-order valence-corrected chi connectivity index (χ3v) is 5.81. The highest BCUT2D eigenvalue weighted by Gasteiger charge is 2.17. The standard InChI is InChI=1S/C24H32N8O/c1-17-22(33-19-11-7-4-8-12-19)14-13-20(29-17)24(25)21(31(2)26)15-27-23-16-28-32(30-23)18-9-5-3-6-10-18/h3,5-6,9-10,13-14,16,19H,4,7-8,11-12,15,25-26H2,1-2H3,(H,27,30)/b24-21-. The SMILES string of the molecule is Cc1nc(/C(N)=C(\CNc2cnn(-c3ccccc3)n2)N(C)N)ccc1OC1CCCCC1. The molecule has 0 amide bonds. The Kier molecular flexibility index (Phi) is 7.09. The molecule has 174 valence electrons. The molecule has 0 atom stereocenters. The maximum atomic E-state index is 6.48. The van der Waals surface area contributed by atoms with Crippen molar-refractivity contribution >= 4 is 11.5 Å². The molecule has 9 heteroatoms. The summed E-state index contributed by atoms with van der Waals surface area (Å²) in [4.78, 5) is 6.26. The number of ether oxygens (including phenoxy) is 1. The van der Waals surface area contributed by atoms with Crippen LogP contribution in [0, 0.1) is 6.92 Å². The van der Waals surface area contributed by atoms with E-state index < -0.39 is 0 Å². The summed E-state index contributed by atoms with van der Waals surface area (Å²) in [5, 5.41) is 13.5. The molecular weight excluding hydrogens is 416 g/mol. The van der Waals surface area contributed by atoms with Gasteiger partial charge >= 0.3 is 0 Å². The Labute approximate surface area is 194 Å². The molecule has 2 aromatic heterocycles. The van der Waals surface area contributed by atoms with Crippen molar-refractivity contribution in [3.63, 3.8) is 0 Å². The fourth-order valence-electron chi connectivity index (χ4n) is 3.95. The first-order chi connectivity index (χ1) is 16.0. The van der Waals surface area contributed by atoms with Gasteiger partial charge in [0.1, 0.15) is 5.75 Å². The average molecular weight is 449 g/mol. The second-order valence-electron chi connectivity index (χ2n) is 8.34. The van der Waals surface area contributed by atoms with E-state index >= 15 is 0 Å². The number of aromatic nitrogens is 4. The van der Waals surface area contributed by atoms with Gasteiger partial charge in [0.2, 0.25) is 0 Å². The molecule has 0 spiro atoms. The maximum absolute atomic E-state index is 6.48. The van der Waals surface area contributed by atoms with Gasteiger partial charge in [-0.25, -0.2) is 10.8 Å². The zero-order valence-electron chi connectivity index (χ0n) is 19.2. The lowest BCUT2D eigenvalue weighted by atomic mass is 9.98. The van der Waals surface area contributed by atoms with Crippen molar-refractivity contribution in [2.24, 2.45) is 11.6 Å². The van der Waals surface area contributed by atoms with Crippen molar-refractivity contribution < 1.29 is 4.74 Å². The fraction of sp³-hybridized carbons (Fsp3) is 0.375. The Balaban J connectivity index is 1.47. The highest BCUT2D eigenvalue weighted by molar-refractivity contribution is 5.64. The van der Waals surface area contributed by atoms with Crippen LogP contribution >= 0.6 is 0 Å². The highest BCUT2D eigenvalue weighted by atomic mass is 16.5. The fourth-order valence-corrected chi connectivity index (χ4v) is 3.95. The quantitative estimate of drug-likeness (QED) is 0.355. The predicted octanol–water partition coefficient (Wildman–Crippen LogP) is 3.23. The lowest BCUT2D eigenvalue weighted by Crippen LogP contribution is -2.32. The number of hydrazine groups is 1. The van der Waals surface area contributed by atoms with Crippen molar-refractivity contribution in [2.75, 3.05) is 18.9 Å². The molecule has 5 N–H and O–H groups in total. The van der Waals surface area contributed by atoms with E-state index in [1.165, 1.54) is 24.3 Å². The van der Waals surface area contributed by atoms with Crippen molar-refractivity contribution in [1.82, 2.24) is 25.0 Å². The Morgan fingerprint density at radius 2 is 1.91 bits per heavy atom. The van der Waals surface area contributed by atoms with E-state index in [1.807, 2.05) is 49.4 Å². The lowest BCUT2D eigenvalue weighted by Gasteiger charge is -2.24. The largest absolute Gasteiger partial charge is 0.489 e. The molecule has 0 saturated heterocycles. The second-order valence-corrected chi connectivity index (χ2v) is 8.34. The minimum Gasteiger partial charge on any atom is -0.489 e. The van der Waals surface area contributed by atoms with Crippen LogP contribution in [0.25, 0.3) is 11.4 Å². The van der Waals surface area contributed by atoms with Gasteiger partial charge in [-0.1, -0.05) is 24.6 Å². The molecule has 0 bridgehead atoms. The van der Waals surface area contributed by atoms with Crippen LogP contribution in [-0.4, -0.2) is 44.7 Å². The molecule has 33 heavy (non-hydrogen) atoms. The van der Waals surface area contributed by atoms with Crippen LogP contribution in [0.4, 0.5) is 5.82 Å². The van der Waals surface area contributed by atoms with E-state index in [0.717, 1.165) is 30.0 Å². The highest BCUT2D eigenvalue weighted by Crippen LogP contribution is 2.26. The number of benzene rings is 1. The molecule has 2 heterocycles. The molecule has 1 saturated carbocycles. The van der Waals surface area contributed by atoms with Crippen molar-refractivity contribution in [3.05, 3.63) is 65.7 Å². The topological polar surface area (TPSA) is 120 Å². The summed E-state index contributed by atoms with van der Waals surface area (Å²) in [7, 11) is 1.75. The van der Waals surface area contributed by atoms with Gasteiger partial charge in [0.15, 0.2) is 5.82 Å². The summed E-state index contributed by atoms with van der Waals surface area (Å²) < 4.78 is 6.19. The molecular formula is C24H32N8O. The van der Waals surface area contributed by atoms with E-state index in [4.69, 9.17) is 21.3 Å². The molecule has 9 nitrogen and oxygen atoms in total. The van der Waals surface area contributed by atoms with Crippen LogP contribution in [0.1, 0.15) is 43.5 Å². The predicted molar refractivity (Wildman–Crippen MR) is 129 cm³/mol. The van der Waals surface area contributed by atoms with E-state index in [9.17, 15) is 0 Å². The summed E-state index contributed by atoms with van der Waals surface area (Å²) in [5.74, 6) is 7.52. The minimum atomic E-state index is 0.275. The monoisotopic (exact) mass is 448 g/mol. The second kappa shape index (κ2) is 10.4. The van der Waals surface area contributed by atoms with Crippen LogP contribution in [0.15, 0.2) is 54.4 Å². The number of hydrogen-bond acceptors (Lipinski definition) is 8.